The van der Waals surface area contributed by atoms with Gasteiger partial charge in [-0.3, -0.25) is 0 Å². The molecule has 2 nitrogen and oxygen atoms in total. The highest BCUT2D eigenvalue weighted by Gasteiger charge is 2.19. The van der Waals surface area contributed by atoms with E-state index in [1.807, 2.05) is 0 Å². The Bertz CT molecular complexity index is 4070. The summed E-state index contributed by atoms with van der Waals surface area (Å²) in [7, 11) is 0. The van der Waals surface area contributed by atoms with E-state index in [-0.39, 0.29) is 0 Å². The highest BCUT2D eigenvalue weighted by atomic mass is 15.1. The Kier molecular flexibility index (Phi) is 10.9. The summed E-state index contributed by atoms with van der Waals surface area (Å²) in [5.74, 6) is 0. The number of rotatable bonds is 10. The van der Waals surface area contributed by atoms with Crippen molar-refractivity contribution in [3.8, 4) is 72.4 Å². The molecule has 0 N–H and O–H groups in total. The number of hydrogen-bond donors (Lipinski definition) is 0. The molecule has 0 bridgehead atoms. The van der Waals surface area contributed by atoms with Crippen molar-refractivity contribution in [1.82, 2.24) is 4.57 Å². The maximum atomic E-state index is 2.39. The number of fused-ring (bicyclic) bond motifs is 4. The molecule has 2 heteroatoms. The van der Waals surface area contributed by atoms with Gasteiger partial charge < -0.3 is 9.47 Å². The van der Waals surface area contributed by atoms with Crippen molar-refractivity contribution < 1.29 is 0 Å². The third-order valence-electron chi connectivity index (χ3n) is 14.2. The fourth-order valence-corrected chi connectivity index (χ4v) is 10.8. The minimum Gasteiger partial charge on any atom is -0.310 e. The van der Waals surface area contributed by atoms with Gasteiger partial charge in [-0.05, 0) is 150 Å². The third kappa shape index (κ3) is 7.82. The van der Waals surface area contributed by atoms with E-state index < -0.39 is 0 Å². The molecule has 1 heterocycles. The molecule has 0 unspecified atom stereocenters. The van der Waals surface area contributed by atoms with Crippen LogP contribution in [-0.2, 0) is 0 Å². The Hall–Kier alpha value is -9.50. The highest BCUT2D eigenvalue weighted by molar-refractivity contribution is 6.10. The average Bonchev–Trinajstić information content (AvgIpc) is 3.80. The van der Waals surface area contributed by atoms with E-state index in [2.05, 4.69) is 301 Å². The molecule has 13 rings (SSSR count). The van der Waals surface area contributed by atoms with Crippen molar-refractivity contribution >= 4 is 49.6 Å². The molecule has 72 heavy (non-hydrogen) atoms. The first-order valence-electron chi connectivity index (χ1n) is 24.7. The molecule has 0 atom stereocenters. The average molecular weight is 917 g/mol. The van der Waals surface area contributed by atoms with Crippen molar-refractivity contribution in [2.24, 2.45) is 0 Å². The summed E-state index contributed by atoms with van der Waals surface area (Å²) in [5, 5.41) is 4.96. The molecular formula is C70H48N2. The minimum absolute atomic E-state index is 1.08. The Morgan fingerprint density at radius 3 is 1.33 bits per heavy atom. The first kappa shape index (κ1) is 42.6. The molecule has 12 aromatic carbocycles. The van der Waals surface area contributed by atoms with Gasteiger partial charge in [-0.25, -0.2) is 0 Å². The quantitative estimate of drug-likeness (QED) is 0.133. The number of aromatic nitrogens is 1. The van der Waals surface area contributed by atoms with E-state index in [1.54, 1.807) is 0 Å². The zero-order chi connectivity index (χ0) is 47.8. The van der Waals surface area contributed by atoms with Crippen LogP contribution >= 0.6 is 0 Å². The Labute approximate surface area is 420 Å². The van der Waals surface area contributed by atoms with Gasteiger partial charge in [-0.1, -0.05) is 218 Å². The standard InChI is InChI=1S/C70H48N2/c1-3-19-51(20-4-1)61-26-9-11-28-63(61)65-30-13-14-31-66(65)64-29-12-10-27-62(64)52-38-43-59(44-39-52)71(60-25-17-22-54(47-60)55-35-34-49-18-7-8-21-53(49)46-55)58-41-36-50(37-42-58)56-40-45-70-68(48-56)67-32-15-16-33-69(67)72(70)57-23-5-2-6-24-57/h1-48H. The van der Waals surface area contributed by atoms with E-state index in [1.165, 1.54) is 93.8 Å². The van der Waals surface area contributed by atoms with Gasteiger partial charge >= 0.3 is 0 Å². The lowest BCUT2D eigenvalue weighted by molar-refractivity contribution is 1.18. The Morgan fingerprint density at radius 1 is 0.222 bits per heavy atom. The van der Waals surface area contributed by atoms with Crippen LogP contribution in [0.4, 0.5) is 17.1 Å². The summed E-state index contributed by atoms with van der Waals surface area (Å²) in [4.78, 5) is 2.39. The van der Waals surface area contributed by atoms with E-state index in [4.69, 9.17) is 0 Å². The number of benzene rings is 12. The minimum atomic E-state index is 1.08. The normalized spacial score (nSPS) is 11.3. The van der Waals surface area contributed by atoms with Crippen molar-refractivity contribution in [2.75, 3.05) is 4.90 Å². The van der Waals surface area contributed by atoms with Crippen LogP contribution in [0, 0.1) is 0 Å². The SMILES string of the molecule is c1ccc(-c2ccccc2-c2ccccc2-c2ccccc2-c2ccc(N(c3ccc(-c4ccc5c(c4)c4ccccc4n5-c4ccccc4)cc3)c3cccc(-c4ccc5ccccc5c4)c3)cc2)cc1. The molecule has 0 fully saturated rings. The first-order valence-corrected chi connectivity index (χ1v) is 24.7. The number of nitrogens with zero attached hydrogens (tertiary/aromatic N) is 2. The lowest BCUT2D eigenvalue weighted by Gasteiger charge is -2.26. The van der Waals surface area contributed by atoms with Crippen LogP contribution in [0.2, 0.25) is 0 Å². The van der Waals surface area contributed by atoms with E-state index in [9.17, 15) is 0 Å². The van der Waals surface area contributed by atoms with Gasteiger partial charge in [0.25, 0.3) is 0 Å². The van der Waals surface area contributed by atoms with Gasteiger partial charge in [0, 0.05) is 33.5 Å². The first-order chi connectivity index (χ1) is 35.7. The predicted octanol–water partition coefficient (Wildman–Crippen LogP) is 19.4. The van der Waals surface area contributed by atoms with Crippen molar-refractivity contribution in [1.29, 1.82) is 0 Å². The smallest absolute Gasteiger partial charge is 0.0541 e. The molecule has 1 aromatic heterocycles. The molecule has 0 spiro atoms. The molecule has 0 amide bonds. The summed E-state index contributed by atoms with van der Waals surface area (Å²) < 4.78 is 2.37. The van der Waals surface area contributed by atoms with Crippen LogP contribution < -0.4 is 4.90 Å². The molecular weight excluding hydrogens is 869 g/mol. The Balaban J connectivity index is 0.893. The van der Waals surface area contributed by atoms with E-state index in [0.29, 0.717) is 0 Å². The van der Waals surface area contributed by atoms with Gasteiger partial charge in [0.05, 0.1) is 11.0 Å². The van der Waals surface area contributed by atoms with E-state index >= 15 is 0 Å². The van der Waals surface area contributed by atoms with Gasteiger partial charge in [-0.2, -0.15) is 0 Å². The van der Waals surface area contributed by atoms with Crippen molar-refractivity contribution in [3.05, 3.63) is 291 Å². The monoisotopic (exact) mass is 916 g/mol. The second-order valence-electron chi connectivity index (χ2n) is 18.5. The highest BCUT2D eigenvalue weighted by Crippen LogP contribution is 2.44. The van der Waals surface area contributed by atoms with Crippen LogP contribution in [0.1, 0.15) is 0 Å². The van der Waals surface area contributed by atoms with Gasteiger partial charge in [0.1, 0.15) is 0 Å². The Morgan fingerprint density at radius 2 is 0.667 bits per heavy atom. The van der Waals surface area contributed by atoms with Crippen molar-refractivity contribution in [2.45, 2.75) is 0 Å². The maximum absolute atomic E-state index is 2.39. The molecule has 0 aliphatic heterocycles. The van der Waals surface area contributed by atoms with Crippen LogP contribution in [0.25, 0.3) is 105 Å². The van der Waals surface area contributed by atoms with Gasteiger partial charge in [-0.15, -0.1) is 0 Å². The zero-order valence-corrected chi connectivity index (χ0v) is 39.6. The van der Waals surface area contributed by atoms with Crippen LogP contribution in [0.5, 0.6) is 0 Å². The van der Waals surface area contributed by atoms with Crippen LogP contribution in [-0.4, -0.2) is 4.57 Å². The molecule has 338 valence electrons. The third-order valence-corrected chi connectivity index (χ3v) is 14.2. The molecule has 0 radical (unpaired) electrons. The second-order valence-corrected chi connectivity index (χ2v) is 18.5. The summed E-state index contributed by atoms with van der Waals surface area (Å²) in [6.45, 7) is 0. The van der Waals surface area contributed by atoms with E-state index in [0.717, 1.165) is 28.3 Å². The summed E-state index contributed by atoms with van der Waals surface area (Å²) in [5.41, 5.74) is 21.1. The zero-order valence-electron chi connectivity index (χ0n) is 39.6. The molecule has 0 saturated carbocycles. The summed E-state index contributed by atoms with van der Waals surface area (Å²) in [6.07, 6.45) is 0. The van der Waals surface area contributed by atoms with Gasteiger partial charge in [0.15, 0.2) is 0 Å². The van der Waals surface area contributed by atoms with Gasteiger partial charge in [0.2, 0.25) is 0 Å². The summed E-state index contributed by atoms with van der Waals surface area (Å²) >= 11 is 0. The number of hydrogen-bond acceptors (Lipinski definition) is 1. The lowest BCUT2D eigenvalue weighted by atomic mass is 9.87. The summed E-state index contributed by atoms with van der Waals surface area (Å²) in [6, 6.07) is 106. The fraction of sp³-hybridized carbons (Fsp3) is 0. The number of anilines is 3. The predicted molar refractivity (Wildman–Crippen MR) is 306 cm³/mol. The topological polar surface area (TPSA) is 8.17 Å². The molecule has 13 aromatic rings. The molecule has 0 saturated heterocycles. The van der Waals surface area contributed by atoms with Crippen molar-refractivity contribution in [3.63, 3.8) is 0 Å². The molecule has 0 aliphatic rings. The lowest BCUT2D eigenvalue weighted by Crippen LogP contribution is -2.10. The number of para-hydroxylation sites is 2. The molecule has 0 aliphatic carbocycles. The second kappa shape index (κ2) is 18.4. The maximum Gasteiger partial charge on any atom is 0.0541 e. The fourth-order valence-electron chi connectivity index (χ4n) is 10.8. The van der Waals surface area contributed by atoms with Crippen LogP contribution in [0.15, 0.2) is 291 Å². The van der Waals surface area contributed by atoms with Crippen LogP contribution in [0.3, 0.4) is 0 Å². The largest absolute Gasteiger partial charge is 0.310 e.